The lowest BCUT2D eigenvalue weighted by Gasteiger charge is -2.22. The van der Waals surface area contributed by atoms with E-state index >= 15 is 0 Å². The quantitative estimate of drug-likeness (QED) is 0.569. The van der Waals surface area contributed by atoms with E-state index in [2.05, 4.69) is 15.6 Å². The molecular formula is C17H27FN4O. The predicted molar refractivity (Wildman–Crippen MR) is 91.8 cm³/mol. The van der Waals surface area contributed by atoms with Crippen molar-refractivity contribution in [2.45, 2.75) is 33.2 Å². The van der Waals surface area contributed by atoms with Crippen LogP contribution >= 0.6 is 0 Å². The SMILES string of the molecule is CCCNC(=O)CCN=C(NCC)N(C)Cc1cccc(F)c1. The summed E-state index contributed by atoms with van der Waals surface area (Å²) < 4.78 is 13.3. The first-order valence-corrected chi connectivity index (χ1v) is 8.07. The molecule has 128 valence electrons. The molecule has 0 bridgehead atoms. The number of nitrogens with one attached hydrogen (secondary N) is 2. The summed E-state index contributed by atoms with van der Waals surface area (Å²) in [6.07, 6.45) is 1.29. The van der Waals surface area contributed by atoms with Crippen LogP contribution in [0.4, 0.5) is 4.39 Å². The number of hydrogen-bond donors (Lipinski definition) is 2. The molecule has 0 aliphatic heterocycles. The van der Waals surface area contributed by atoms with Crippen LogP contribution < -0.4 is 10.6 Å². The third-order valence-electron chi connectivity index (χ3n) is 3.18. The van der Waals surface area contributed by atoms with Crippen molar-refractivity contribution < 1.29 is 9.18 Å². The highest BCUT2D eigenvalue weighted by Gasteiger charge is 2.07. The van der Waals surface area contributed by atoms with E-state index in [4.69, 9.17) is 0 Å². The molecule has 0 atom stereocenters. The van der Waals surface area contributed by atoms with Crippen LogP contribution in [0.5, 0.6) is 0 Å². The average molecular weight is 322 g/mol. The van der Waals surface area contributed by atoms with Gasteiger partial charge in [-0.05, 0) is 31.0 Å². The van der Waals surface area contributed by atoms with Crippen molar-refractivity contribution in [1.29, 1.82) is 0 Å². The molecule has 0 aliphatic carbocycles. The van der Waals surface area contributed by atoms with Crippen molar-refractivity contribution in [3.05, 3.63) is 35.6 Å². The first-order valence-electron chi connectivity index (χ1n) is 8.07. The predicted octanol–water partition coefficient (Wildman–Crippen LogP) is 2.14. The Balaban J connectivity index is 2.57. The Hall–Kier alpha value is -2.11. The molecule has 0 fully saturated rings. The van der Waals surface area contributed by atoms with Crippen LogP contribution in [0.1, 0.15) is 32.3 Å². The third-order valence-corrected chi connectivity index (χ3v) is 3.18. The zero-order chi connectivity index (χ0) is 17.1. The van der Waals surface area contributed by atoms with Crippen LogP contribution in [-0.2, 0) is 11.3 Å². The summed E-state index contributed by atoms with van der Waals surface area (Å²) in [6.45, 7) is 6.40. The van der Waals surface area contributed by atoms with Crippen molar-refractivity contribution in [2.24, 2.45) is 4.99 Å². The van der Waals surface area contributed by atoms with E-state index in [1.807, 2.05) is 31.9 Å². The summed E-state index contributed by atoms with van der Waals surface area (Å²) in [5, 5.41) is 6.01. The number of carbonyl (C=O) groups excluding carboxylic acids is 1. The Morgan fingerprint density at radius 1 is 1.30 bits per heavy atom. The number of carbonyl (C=O) groups is 1. The van der Waals surface area contributed by atoms with Crippen LogP contribution in [0.2, 0.25) is 0 Å². The van der Waals surface area contributed by atoms with E-state index in [1.165, 1.54) is 12.1 Å². The Labute approximate surface area is 138 Å². The molecule has 0 unspecified atom stereocenters. The van der Waals surface area contributed by atoms with Gasteiger partial charge in [0.2, 0.25) is 5.91 Å². The van der Waals surface area contributed by atoms with Crippen molar-refractivity contribution in [1.82, 2.24) is 15.5 Å². The third kappa shape index (κ3) is 7.63. The molecule has 0 aliphatic rings. The van der Waals surface area contributed by atoms with Gasteiger partial charge < -0.3 is 15.5 Å². The summed E-state index contributed by atoms with van der Waals surface area (Å²) in [4.78, 5) is 18.0. The molecule has 1 rings (SSSR count). The summed E-state index contributed by atoms with van der Waals surface area (Å²) in [5.41, 5.74) is 0.874. The van der Waals surface area contributed by atoms with Crippen molar-refractivity contribution in [2.75, 3.05) is 26.7 Å². The minimum Gasteiger partial charge on any atom is -0.357 e. The molecule has 1 aromatic rings. The van der Waals surface area contributed by atoms with Crippen LogP contribution in [-0.4, -0.2) is 43.4 Å². The first-order chi connectivity index (χ1) is 11.1. The van der Waals surface area contributed by atoms with Crippen LogP contribution in [0.3, 0.4) is 0 Å². The maximum absolute atomic E-state index is 13.3. The number of amides is 1. The number of nitrogens with zero attached hydrogens (tertiary/aromatic N) is 2. The fourth-order valence-electron chi connectivity index (χ4n) is 2.07. The smallest absolute Gasteiger partial charge is 0.221 e. The first kappa shape index (κ1) is 18.9. The van der Waals surface area contributed by atoms with Crippen LogP contribution in [0, 0.1) is 5.82 Å². The molecule has 1 aromatic carbocycles. The molecule has 5 nitrogen and oxygen atoms in total. The number of halogens is 1. The van der Waals surface area contributed by atoms with E-state index in [0.29, 0.717) is 32.0 Å². The van der Waals surface area contributed by atoms with Gasteiger partial charge in [-0.3, -0.25) is 9.79 Å². The molecular weight excluding hydrogens is 295 g/mol. The Morgan fingerprint density at radius 3 is 2.74 bits per heavy atom. The number of hydrogen-bond acceptors (Lipinski definition) is 2. The van der Waals surface area contributed by atoms with E-state index < -0.39 is 0 Å². The van der Waals surface area contributed by atoms with Gasteiger partial charge in [-0.15, -0.1) is 0 Å². The molecule has 0 saturated carbocycles. The van der Waals surface area contributed by atoms with E-state index in [0.717, 1.165) is 18.5 Å². The highest BCUT2D eigenvalue weighted by Crippen LogP contribution is 2.06. The fraction of sp³-hybridized carbons (Fsp3) is 0.529. The highest BCUT2D eigenvalue weighted by molar-refractivity contribution is 5.80. The van der Waals surface area contributed by atoms with Crippen molar-refractivity contribution in [3.8, 4) is 0 Å². The molecule has 1 amide bonds. The lowest BCUT2D eigenvalue weighted by Crippen LogP contribution is -2.38. The maximum Gasteiger partial charge on any atom is 0.221 e. The average Bonchev–Trinajstić information content (AvgIpc) is 2.52. The number of benzene rings is 1. The van der Waals surface area contributed by atoms with Gasteiger partial charge in [0.1, 0.15) is 5.82 Å². The lowest BCUT2D eigenvalue weighted by atomic mass is 10.2. The van der Waals surface area contributed by atoms with Gasteiger partial charge >= 0.3 is 0 Å². The highest BCUT2D eigenvalue weighted by atomic mass is 19.1. The van der Waals surface area contributed by atoms with E-state index in [-0.39, 0.29) is 11.7 Å². The monoisotopic (exact) mass is 322 g/mol. The standard InChI is InChI=1S/C17H27FN4O/c1-4-10-20-16(23)9-11-21-17(19-5-2)22(3)13-14-7-6-8-15(18)12-14/h6-8,12H,4-5,9-11,13H2,1-3H3,(H,19,21)(H,20,23). The molecule has 23 heavy (non-hydrogen) atoms. The zero-order valence-corrected chi connectivity index (χ0v) is 14.2. The minimum atomic E-state index is -0.245. The van der Waals surface area contributed by atoms with Gasteiger partial charge in [-0.25, -0.2) is 4.39 Å². The second-order valence-electron chi connectivity index (χ2n) is 5.32. The lowest BCUT2D eigenvalue weighted by molar-refractivity contribution is -0.120. The molecule has 0 spiro atoms. The van der Waals surface area contributed by atoms with Crippen molar-refractivity contribution in [3.63, 3.8) is 0 Å². The van der Waals surface area contributed by atoms with Gasteiger partial charge in [0.05, 0.1) is 6.54 Å². The second kappa shape index (κ2) is 10.6. The van der Waals surface area contributed by atoms with Gasteiger partial charge in [-0.1, -0.05) is 19.1 Å². The molecule has 2 N–H and O–H groups in total. The van der Waals surface area contributed by atoms with Gasteiger partial charge in [0, 0.05) is 33.1 Å². The maximum atomic E-state index is 13.3. The molecule has 6 heteroatoms. The molecule has 0 aromatic heterocycles. The Kier molecular flexibility index (Phi) is 8.72. The van der Waals surface area contributed by atoms with Gasteiger partial charge in [-0.2, -0.15) is 0 Å². The van der Waals surface area contributed by atoms with Gasteiger partial charge in [0.15, 0.2) is 5.96 Å². The molecule has 0 saturated heterocycles. The molecule has 0 radical (unpaired) electrons. The van der Waals surface area contributed by atoms with Crippen molar-refractivity contribution >= 4 is 11.9 Å². The molecule has 0 heterocycles. The summed E-state index contributed by atoms with van der Waals surface area (Å²) in [7, 11) is 1.89. The second-order valence-corrected chi connectivity index (χ2v) is 5.32. The normalized spacial score (nSPS) is 11.2. The minimum absolute atomic E-state index is 0.0132. The van der Waals surface area contributed by atoms with Crippen LogP contribution in [0.25, 0.3) is 0 Å². The fourth-order valence-corrected chi connectivity index (χ4v) is 2.07. The Morgan fingerprint density at radius 2 is 2.09 bits per heavy atom. The number of rotatable bonds is 8. The van der Waals surface area contributed by atoms with E-state index in [9.17, 15) is 9.18 Å². The summed E-state index contributed by atoms with van der Waals surface area (Å²) in [6, 6.07) is 6.51. The Bertz CT molecular complexity index is 519. The topological polar surface area (TPSA) is 56.7 Å². The number of aliphatic imine (C=N–C) groups is 1. The largest absolute Gasteiger partial charge is 0.357 e. The van der Waals surface area contributed by atoms with Gasteiger partial charge in [0.25, 0.3) is 0 Å². The summed E-state index contributed by atoms with van der Waals surface area (Å²) >= 11 is 0. The number of guanidine groups is 1. The summed E-state index contributed by atoms with van der Waals surface area (Å²) in [5.74, 6) is 0.477. The zero-order valence-electron chi connectivity index (χ0n) is 14.2. The van der Waals surface area contributed by atoms with Crippen LogP contribution in [0.15, 0.2) is 29.3 Å². The van der Waals surface area contributed by atoms with E-state index in [1.54, 1.807) is 6.07 Å².